The summed E-state index contributed by atoms with van der Waals surface area (Å²) in [7, 11) is -3.55. The van der Waals surface area contributed by atoms with Gasteiger partial charge in [-0.3, -0.25) is 9.52 Å². The largest absolute Gasteiger partial charge is 0.506 e. The normalized spacial score (nSPS) is 16.3. The predicted octanol–water partition coefficient (Wildman–Crippen LogP) is 3.26. The van der Waals surface area contributed by atoms with Gasteiger partial charge in [0.1, 0.15) is 5.75 Å². The second-order valence-corrected chi connectivity index (χ2v) is 11.7. The summed E-state index contributed by atoms with van der Waals surface area (Å²) in [4.78, 5) is 12.4. The van der Waals surface area contributed by atoms with Crippen molar-refractivity contribution in [3.8, 4) is 5.75 Å². The van der Waals surface area contributed by atoms with Crippen molar-refractivity contribution in [1.82, 2.24) is 10.6 Å². The zero-order chi connectivity index (χ0) is 26.1. The maximum atomic E-state index is 12.4. The molecular formula is C27H39N3O5S. The van der Waals surface area contributed by atoms with E-state index in [0.29, 0.717) is 17.9 Å². The van der Waals surface area contributed by atoms with Crippen LogP contribution in [-0.4, -0.2) is 49.9 Å². The lowest BCUT2D eigenvalue weighted by Crippen LogP contribution is -2.32. The average Bonchev–Trinajstić information content (AvgIpc) is 2.82. The van der Waals surface area contributed by atoms with Crippen molar-refractivity contribution >= 4 is 21.6 Å². The Balaban J connectivity index is 1.47. The third-order valence-corrected chi connectivity index (χ3v) is 7.16. The first kappa shape index (κ1) is 28.0. The van der Waals surface area contributed by atoms with Gasteiger partial charge >= 0.3 is 0 Å². The Kier molecular flexibility index (Phi) is 10.2. The highest BCUT2D eigenvalue weighted by molar-refractivity contribution is 7.92. The molecule has 3 rings (SSSR count). The molecule has 1 aliphatic rings. The van der Waals surface area contributed by atoms with Crippen molar-refractivity contribution in [1.29, 1.82) is 0 Å². The third-order valence-electron chi connectivity index (χ3n) is 6.57. The molecule has 0 saturated heterocycles. The fraction of sp³-hybridized carbons (Fsp3) is 0.519. The van der Waals surface area contributed by atoms with Crippen molar-refractivity contribution in [2.24, 2.45) is 5.92 Å². The van der Waals surface area contributed by atoms with E-state index >= 15 is 0 Å². The standard InChI is InChI=1S/C27H39N3O5S/c1-19(28-18-26(32)23-11-12-25(31)24(16-23)30-36(2,34)35)13-21-9-6-10-22(14-21)15-27(33)29-17-20-7-4-3-5-8-20/h6,9-12,14,16,19-20,26,28,30-32H,3-5,7-8,13,15,17-18H2,1-2H3,(H,29,33)/t19-,26+/m1/s1. The molecule has 0 bridgehead atoms. The van der Waals surface area contributed by atoms with E-state index in [2.05, 4.69) is 21.4 Å². The van der Waals surface area contributed by atoms with Gasteiger partial charge in [-0.15, -0.1) is 0 Å². The zero-order valence-corrected chi connectivity index (χ0v) is 22.0. The Morgan fingerprint density at radius 3 is 2.53 bits per heavy atom. The van der Waals surface area contributed by atoms with Crippen LogP contribution in [0.2, 0.25) is 0 Å². The Morgan fingerprint density at radius 1 is 1.08 bits per heavy atom. The van der Waals surface area contributed by atoms with Gasteiger partial charge in [0.15, 0.2) is 0 Å². The molecule has 0 radical (unpaired) electrons. The summed E-state index contributed by atoms with van der Waals surface area (Å²) in [6.07, 6.45) is 7.47. The van der Waals surface area contributed by atoms with Crippen LogP contribution in [0.25, 0.3) is 0 Å². The minimum absolute atomic E-state index is 0.0293. The third kappa shape index (κ3) is 9.44. The number of aliphatic hydroxyl groups excluding tert-OH is 1. The van der Waals surface area contributed by atoms with Gasteiger partial charge < -0.3 is 20.8 Å². The summed E-state index contributed by atoms with van der Waals surface area (Å²) in [5.74, 6) is 0.464. The molecule has 2 atom stereocenters. The Morgan fingerprint density at radius 2 is 1.81 bits per heavy atom. The van der Waals surface area contributed by atoms with Crippen molar-refractivity contribution < 1.29 is 23.4 Å². The van der Waals surface area contributed by atoms with Crippen molar-refractivity contribution in [3.63, 3.8) is 0 Å². The maximum absolute atomic E-state index is 12.4. The number of carbonyl (C=O) groups excluding carboxylic acids is 1. The van der Waals surface area contributed by atoms with Crippen LogP contribution >= 0.6 is 0 Å². The number of nitrogens with one attached hydrogen (secondary N) is 3. The topological polar surface area (TPSA) is 128 Å². The van der Waals surface area contributed by atoms with Gasteiger partial charge in [-0.2, -0.15) is 0 Å². The summed E-state index contributed by atoms with van der Waals surface area (Å²) in [5.41, 5.74) is 2.60. The van der Waals surface area contributed by atoms with Crippen molar-refractivity contribution in [2.45, 2.75) is 64.0 Å². The first-order valence-corrected chi connectivity index (χ1v) is 14.5. The van der Waals surface area contributed by atoms with Crippen LogP contribution in [0.1, 0.15) is 61.8 Å². The summed E-state index contributed by atoms with van der Waals surface area (Å²) in [6.45, 7) is 3.05. The fourth-order valence-electron chi connectivity index (χ4n) is 4.66. The molecular weight excluding hydrogens is 478 g/mol. The molecule has 198 valence electrons. The predicted molar refractivity (Wildman–Crippen MR) is 142 cm³/mol. The lowest BCUT2D eigenvalue weighted by Gasteiger charge is -2.21. The Labute approximate surface area is 214 Å². The molecule has 0 heterocycles. The average molecular weight is 518 g/mol. The van der Waals surface area contributed by atoms with Crippen molar-refractivity contribution in [3.05, 3.63) is 59.2 Å². The number of sulfonamides is 1. The maximum Gasteiger partial charge on any atom is 0.229 e. The minimum atomic E-state index is -3.55. The minimum Gasteiger partial charge on any atom is -0.506 e. The number of anilines is 1. The van der Waals surface area contributed by atoms with E-state index in [1.807, 2.05) is 25.1 Å². The smallest absolute Gasteiger partial charge is 0.229 e. The summed E-state index contributed by atoms with van der Waals surface area (Å²) >= 11 is 0. The first-order chi connectivity index (χ1) is 17.1. The number of amides is 1. The molecule has 0 aromatic heterocycles. The number of carbonyl (C=O) groups is 1. The van der Waals surface area contributed by atoms with Crippen LogP contribution in [0, 0.1) is 5.92 Å². The Bertz CT molecular complexity index is 1120. The molecule has 1 fully saturated rings. The Hall–Kier alpha value is -2.62. The molecule has 9 heteroatoms. The highest BCUT2D eigenvalue weighted by atomic mass is 32.2. The van der Waals surface area contributed by atoms with Gasteiger partial charge in [-0.05, 0) is 60.9 Å². The number of hydrogen-bond acceptors (Lipinski definition) is 6. The van der Waals surface area contributed by atoms with E-state index < -0.39 is 16.1 Å². The summed E-state index contributed by atoms with van der Waals surface area (Å²) in [5, 5.41) is 26.8. The molecule has 36 heavy (non-hydrogen) atoms. The van der Waals surface area contributed by atoms with Crippen LogP contribution in [0.4, 0.5) is 5.69 Å². The summed E-state index contributed by atoms with van der Waals surface area (Å²) < 4.78 is 25.2. The van der Waals surface area contributed by atoms with Crippen LogP contribution < -0.4 is 15.4 Å². The van der Waals surface area contributed by atoms with Gasteiger partial charge in [-0.1, -0.05) is 49.6 Å². The first-order valence-electron chi connectivity index (χ1n) is 12.7. The number of aliphatic hydroxyl groups is 1. The number of aromatic hydroxyl groups is 1. The quantitative estimate of drug-likeness (QED) is 0.275. The van der Waals surface area contributed by atoms with Gasteiger partial charge in [0.25, 0.3) is 0 Å². The molecule has 5 N–H and O–H groups in total. The van der Waals surface area contributed by atoms with E-state index in [4.69, 9.17) is 0 Å². The van der Waals surface area contributed by atoms with Gasteiger partial charge in [0.2, 0.25) is 15.9 Å². The lowest BCUT2D eigenvalue weighted by molar-refractivity contribution is -0.120. The van der Waals surface area contributed by atoms with E-state index in [-0.39, 0.29) is 29.9 Å². The van der Waals surface area contributed by atoms with E-state index in [1.165, 1.54) is 44.2 Å². The zero-order valence-electron chi connectivity index (χ0n) is 21.2. The number of benzene rings is 2. The molecule has 0 unspecified atom stereocenters. The molecule has 8 nitrogen and oxygen atoms in total. The van der Waals surface area contributed by atoms with Crippen LogP contribution in [0.3, 0.4) is 0 Å². The number of hydrogen-bond donors (Lipinski definition) is 5. The van der Waals surface area contributed by atoms with Gasteiger partial charge in [-0.25, -0.2) is 8.42 Å². The van der Waals surface area contributed by atoms with E-state index in [0.717, 1.165) is 30.3 Å². The van der Waals surface area contributed by atoms with E-state index in [9.17, 15) is 23.4 Å². The van der Waals surface area contributed by atoms with Crippen LogP contribution in [-0.2, 0) is 27.7 Å². The summed E-state index contributed by atoms with van der Waals surface area (Å²) in [6, 6.07) is 12.4. The van der Waals surface area contributed by atoms with Crippen LogP contribution in [0.5, 0.6) is 5.75 Å². The highest BCUT2D eigenvalue weighted by Crippen LogP contribution is 2.28. The van der Waals surface area contributed by atoms with Crippen LogP contribution in [0.15, 0.2) is 42.5 Å². The molecule has 0 aliphatic heterocycles. The van der Waals surface area contributed by atoms with E-state index in [1.54, 1.807) is 6.07 Å². The van der Waals surface area contributed by atoms with Gasteiger partial charge in [0, 0.05) is 19.1 Å². The van der Waals surface area contributed by atoms with Gasteiger partial charge in [0.05, 0.1) is 24.5 Å². The fourth-order valence-corrected chi connectivity index (χ4v) is 5.23. The number of phenolic OH excluding ortho intramolecular Hbond substituents is 1. The molecule has 2 aromatic rings. The second kappa shape index (κ2) is 13.1. The molecule has 1 aliphatic carbocycles. The molecule has 0 spiro atoms. The lowest BCUT2D eigenvalue weighted by atomic mass is 9.89. The van der Waals surface area contributed by atoms with Crippen molar-refractivity contribution in [2.75, 3.05) is 24.1 Å². The SMILES string of the molecule is C[C@H](Cc1cccc(CC(=O)NCC2CCCCC2)c1)NC[C@H](O)c1ccc(O)c(NS(C)(=O)=O)c1. The number of rotatable bonds is 12. The number of phenols is 1. The molecule has 1 amide bonds. The molecule has 1 saturated carbocycles. The second-order valence-electron chi connectivity index (χ2n) is 9.98. The highest BCUT2D eigenvalue weighted by Gasteiger charge is 2.16. The monoisotopic (exact) mass is 517 g/mol. The molecule has 2 aromatic carbocycles.